The van der Waals surface area contributed by atoms with Crippen molar-refractivity contribution in [1.82, 2.24) is 5.32 Å². The second-order valence-electron chi connectivity index (χ2n) is 4.44. The van der Waals surface area contributed by atoms with Crippen molar-refractivity contribution in [2.45, 2.75) is 24.8 Å². The van der Waals surface area contributed by atoms with Crippen LogP contribution in [0.15, 0.2) is 18.2 Å². The molecule has 0 saturated heterocycles. The summed E-state index contributed by atoms with van der Waals surface area (Å²) in [6.07, 6.45) is 1.79. The minimum Gasteiger partial charge on any atom is -0.354 e. The molecule has 6 heteroatoms. The Morgan fingerprint density at radius 2 is 1.83 bits per heavy atom. The minimum absolute atomic E-state index is 0. The number of hydrogen-bond acceptors (Lipinski definition) is 2. The Labute approximate surface area is 110 Å². The number of halogens is 3. The zero-order valence-electron chi connectivity index (χ0n) is 9.71. The van der Waals surface area contributed by atoms with Gasteiger partial charge in [-0.1, -0.05) is 0 Å². The molecule has 100 valence electrons. The van der Waals surface area contributed by atoms with Gasteiger partial charge in [0.15, 0.2) is 0 Å². The zero-order valence-corrected chi connectivity index (χ0v) is 10.5. The summed E-state index contributed by atoms with van der Waals surface area (Å²) in [5.41, 5.74) is 5.50. The highest BCUT2D eigenvalue weighted by Crippen LogP contribution is 2.31. The fourth-order valence-corrected chi connectivity index (χ4v) is 1.61. The van der Waals surface area contributed by atoms with E-state index in [1.165, 1.54) is 12.1 Å². The van der Waals surface area contributed by atoms with Crippen molar-refractivity contribution in [3.05, 3.63) is 35.4 Å². The van der Waals surface area contributed by atoms with Crippen molar-refractivity contribution in [3.63, 3.8) is 0 Å². The molecule has 0 aliphatic heterocycles. The van der Waals surface area contributed by atoms with Gasteiger partial charge in [0.1, 0.15) is 11.6 Å². The summed E-state index contributed by atoms with van der Waals surface area (Å²) in [5.74, 6) is -1.40. The quantitative estimate of drug-likeness (QED) is 0.876. The summed E-state index contributed by atoms with van der Waals surface area (Å²) in [4.78, 5) is 11.5. The molecule has 0 atom stereocenters. The van der Waals surface area contributed by atoms with Gasteiger partial charge in [0, 0.05) is 12.6 Å². The highest BCUT2D eigenvalue weighted by Gasteiger charge is 2.45. The summed E-state index contributed by atoms with van der Waals surface area (Å²) < 4.78 is 25.7. The van der Waals surface area contributed by atoms with Crippen molar-refractivity contribution in [1.29, 1.82) is 0 Å². The van der Waals surface area contributed by atoms with Gasteiger partial charge in [-0.05, 0) is 37.0 Å². The predicted octanol–water partition coefficient (Wildman–Crippen LogP) is 1.54. The van der Waals surface area contributed by atoms with E-state index in [1.54, 1.807) is 0 Å². The Kier molecular flexibility index (Phi) is 4.65. The Bertz CT molecular complexity index is 429. The third-order valence-electron chi connectivity index (χ3n) is 2.86. The van der Waals surface area contributed by atoms with E-state index in [0.29, 0.717) is 31.4 Å². The maximum Gasteiger partial charge on any atom is 0.240 e. The van der Waals surface area contributed by atoms with Crippen molar-refractivity contribution in [2.75, 3.05) is 6.54 Å². The van der Waals surface area contributed by atoms with Crippen LogP contribution in [0.1, 0.15) is 18.4 Å². The van der Waals surface area contributed by atoms with Crippen molar-refractivity contribution in [3.8, 4) is 0 Å². The van der Waals surface area contributed by atoms with Gasteiger partial charge in [0.25, 0.3) is 0 Å². The van der Waals surface area contributed by atoms with E-state index < -0.39 is 17.2 Å². The number of nitrogens with one attached hydrogen (secondary N) is 1. The summed E-state index contributed by atoms with van der Waals surface area (Å²) in [7, 11) is 0. The van der Waals surface area contributed by atoms with Crippen molar-refractivity contribution in [2.24, 2.45) is 5.73 Å². The van der Waals surface area contributed by atoms with Crippen LogP contribution in [-0.2, 0) is 11.2 Å². The maximum atomic E-state index is 12.9. The second kappa shape index (κ2) is 5.63. The molecule has 1 aromatic rings. The molecule has 0 unspecified atom stereocenters. The van der Waals surface area contributed by atoms with Crippen LogP contribution in [0.4, 0.5) is 8.78 Å². The Morgan fingerprint density at radius 3 is 2.33 bits per heavy atom. The lowest BCUT2D eigenvalue weighted by Gasteiger charge is -2.09. The molecule has 1 fully saturated rings. The first-order chi connectivity index (χ1) is 7.99. The predicted molar refractivity (Wildman–Crippen MR) is 66.5 cm³/mol. The lowest BCUT2D eigenvalue weighted by atomic mass is 10.1. The summed E-state index contributed by atoms with van der Waals surface area (Å²) in [5, 5.41) is 2.66. The summed E-state index contributed by atoms with van der Waals surface area (Å²) in [6, 6.07) is 3.33. The first kappa shape index (κ1) is 14.9. The van der Waals surface area contributed by atoms with E-state index in [1.807, 2.05) is 0 Å². The van der Waals surface area contributed by atoms with Crippen LogP contribution < -0.4 is 11.1 Å². The van der Waals surface area contributed by atoms with Crippen LogP contribution in [-0.4, -0.2) is 18.0 Å². The van der Waals surface area contributed by atoms with E-state index in [4.69, 9.17) is 5.73 Å². The standard InChI is InChI=1S/C12H14F2N2O.ClH/c13-9-5-8(6-10(14)7-9)1-4-16-11(17)12(15)2-3-12;/h5-7H,1-4,15H2,(H,16,17);1H. The fraction of sp³-hybridized carbons (Fsp3) is 0.417. The molecule has 18 heavy (non-hydrogen) atoms. The molecule has 2 rings (SSSR count). The monoisotopic (exact) mass is 276 g/mol. The lowest BCUT2D eigenvalue weighted by Crippen LogP contribution is -2.43. The van der Waals surface area contributed by atoms with Gasteiger partial charge in [-0.25, -0.2) is 8.78 Å². The molecule has 1 amide bonds. The Balaban J connectivity index is 0.00000162. The number of hydrogen-bond donors (Lipinski definition) is 2. The maximum absolute atomic E-state index is 12.9. The molecule has 1 saturated carbocycles. The Hall–Kier alpha value is -1.20. The summed E-state index contributed by atoms with van der Waals surface area (Å²) >= 11 is 0. The molecule has 0 bridgehead atoms. The number of carbonyl (C=O) groups is 1. The van der Waals surface area contributed by atoms with Gasteiger partial charge in [0.05, 0.1) is 5.54 Å². The first-order valence-electron chi connectivity index (χ1n) is 5.52. The van der Waals surface area contributed by atoms with Gasteiger partial charge in [0.2, 0.25) is 5.91 Å². The number of benzene rings is 1. The van der Waals surface area contributed by atoms with E-state index >= 15 is 0 Å². The number of carbonyl (C=O) groups excluding carboxylic acids is 1. The fourth-order valence-electron chi connectivity index (χ4n) is 1.61. The SMILES string of the molecule is Cl.NC1(C(=O)NCCc2cc(F)cc(F)c2)CC1. The highest BCUT2D eigenvalue weighted by molar-refractivity contribution is 5.88. The lowest BCUT2D eigenvalue weighted by molar-refractivity contribution is -0.123. The molecular weight excluding hydrogens is 262 g/mol. The molecule has 3 nitrogen and oxygen atoms in total. The second-order valence-corrected chi connectivity index (χ2v) is 4.44. The van der Waals surface area contributed by atoms with Gasteiger partial charge in [-0.15, -0.1) is 12.4 Å². The topological polar surface area (TPSA) is 55.1 Å². The van der Waals surface area contributed by atoms with Crippen molar-refractivity contribution >= 4 is 18.3 Å². The molecule has 3 N–H and O–H groups in total. The van der Waals surface area contributed by atoms with Crippen LogP contribution >= 0.6 is 12.4 Å². The molecule has 0 aromatic heterocycles. The van der Waals surface area contributed by atoms with Crippen LogP contribution in [0.5, 0.6) is 0 Å². The number of nitrogens with two attached hydrogens (primary N) is 1. The Morgan fingerprint density at radius 1 is 1.28 bits per heavy atom. The van der Waals surface area contributed by atoms with Crippen molar-refractivity contribution < 1.29 is 13.6 Å². The van der Waals surface area contributed by atoms with Crippen LogP contribution in [0.25, 0.3) is 0 Å². The van der Waals surface area contributed by atoms with E-state index in [-0.39, 0.29) is 18.3 Å². The average molecular weight is 277 g/mol. The van der Waals surface area contributed by atoms with Gasteiger partial charge < -0.3 is 11.1 Å². The molecule has 0 spiro atoms. The third-order valence-corrected chi connectivity index (χ3v) is 2.86. The molecule has 1 aromatic carbocycles. The smallest absolute Gasteiger partial charge is 0.240 e. The van der Waals surface area contributed by atoms with E-state index in [9.17, 15) is 13.6 Å². The largest absolute Gasteiger partial charge is 0.354 e. The molecule has 0 heterocycles. The molecular formula is C12H15ClF2N2O. The van der Waals surface area contributed by atoms with E-state index in [2.05, 4.69) is 5.32 Å². The molecule has 1 aliphatic rings. The van der Waals surface area contributed by atoms with E-state index in [0.717, 1.165) is 6.07 Å². The van der Waals surface area contributed by atoms with Gasteiger partial charge in [-0.3, -0.25) is 4.79 Å². The minimum atomic E-state index is -0.701. The first-order valence-corrected chi connectivity index (χ1v) is 5.52. The highest BCUT2D eigenvalue weighted by atomic mass is 35.5. The number of rotatable bonds is 4. The van der Waals surface area contributed by atoms with Crippen LogP contribution in [0, 0.1) is 11.6 Å². The normalized spacial score (nSPS) is 15.7. The average Bonchev–Trinajstić information content (AvgIpc) is 2.96. The van der Waals surface area contributed by atoms with Crippen LogP contribution in [0.2, 0.25) is 0 Å². The van der Waals surface area contributed by atoms with Gasteiger partial charge in [-0.2, -0.15) is 0 Å². The third kappa shape index (κ3) is 3.65. The van der Waals surface area contributed by atoms with Crippen LogP contribution in [0.3, 0.4) is 0 Å². The zero-order chi connectivity index (χ0) is 12.5. The van der Waals surface area contributed by atoms with Gasteiger partial charge >= 0.3 is 0 Å². The molecule has 1 aliphatic carbocycles. The number of amides is 1. The molecule has 0 radical (unpaired) electrons. The summed E-state index contributed by atoms with van der Waals surface area (Å²) in [6.45, 7) is 0.334.